The molecule has 1 saturated heterocycles. The van der Waals surface area contributed by atoms with Gasteiger partial charge in [-0.25, -0.2) is 0 Å². The third kappa shape index (κ3) is 2.00. The molecule has 1 atom stereocenters. The first-order valence-electron chi connectivity index (χ1n) is 2.57. The zero-order valence-corrected chi connectivity index (χ0v) is 4.99. The monoisotopic (exact) mass is 178 g/mol. The molecule has 1 aliphatic heterocycles. The quantitative estimate of drug-likeness (QED) is 0.523. The number of ether oxygens (including phenoxy) is 2. The van der Waals surface area contributed by atoms with Crippen LogP contribution >= 0.6 is 0 Å². The van der Waals surface area contributed by atoms with Crippen LogP contribution in [0.25, 0.3) is 0 Å². The lowest BCUT2D eigenvalue weighted by atomic mass is 10.4. The largest absolute Gasteiger partial charge is 0.486 e. The van der Waals surface area contributed by atoms with Crippen molar-refractivity contribution in [2.45, 2.75) is 18.6 Å². The minimum Gasteiger partial charge on any atom is -0.293 e. The summed E-state index contributed by atoms with van der Waals surface area (Å²) in [7, 11) is 0. The second kappa shape index (κ2) is 2.28. The fourth-order valence-electron chi connectivity index (χ4n) is 0.568. The van der Waals surface area contributed by atoms with Crippen molar-refractivity contribution < 1.29 is 31.4 Å². The Hall–Kier alpha value is -0.430. The van der Waals surface area contributed by atoms with Crippen molar-refractivity contribution in [3.05, 3.63) is 0 Å². The molecule has 1 heterocycles. The van der Waals surface area contributed by atoms with Gasteiger partial charge in [0.05, 0.1) is 6.61 Å². The molecule has 0 aliphatic carbocycles. The van der Waals surface area contributed by atoms with Crippen molar-refractivity contribution in [1.29, 1.82) is 0 Å². The predicted octanol–water partition coefficient (Wildman–Crippen LogP) is 1.51. The van der Waals surface area contributed by atoms with Crippen molar-refractivity contribution >= 4 is 0 Å². The van der Waals surface area contributed by atoms with E-state index in [-0.39, 0.29) is 0 Å². The van der Waals surface area contributed by atoms with Gasteiger partial charge < -0.3 is 0 Å². The predicted molar refractivity (Wildman–Crippen MR) is 21.8 cm³/mol. The maximum absolute atomic E-state index is 11.8. The Morgan fingerprint density at radius 3 is 2.00 bits per heavy atom. The van der Waals surface area contributed by atoms with Crippen LogP contribution in [0.4, 0.5) is 22.0 Å². The summed E-state index contributed by atoms with van der Waals surface area (Å²) in [4.78, 5) is 0. The highest BCUT2D eigenvalue weighted by molar-refractivity contribution is 4.71. The smallest absolute Gasteiger partial charge is 0.293 e. The van der Waals surface area contributed by atoms with Crippen LogP contribution in [0, 0.1) is 0 Å². The molecule has 66 valence electrons. The van der Waals surface area contributed by atoms with Crippen molar-refractivity contribution in [3.63, 3.8) is 0 Å². The Labute approximate surface area is 57.9 Å². The molecule has 2 nitrogen and oxygen atoms in total. The average molecular weight is 178 g/mol. The van der Waals surface area contributed by atoms with Crippen LogP contribution in [0.15, 0.2) is 0 Å². The van der Waals surface area contributed by atoms with Gasteiger partial charge in [-0.15, -0.1) is 8.78 Å². The van der Waals surface area contributed by atoms with Gasteiger partial charge in [-0.05, 0) is 0 Å². The van der Waals surface area contributed by atoms with Gasteiger partial charge in [-0.1, -0.05) is 0 Å². The summed E-state index contributed by atoms with van der Waals surface area (Å²) in [5.41, 5.74) is 0. The second-order valence-electron chi connectivity index (χ2n) is 1.92. The Balaban J connectivity index is 2.55. The molecule has 1 rings (SSSR count). The van der Waals surface area contributed by atoms with Crippen LogP contribution in [-0.2, 0) is 9.47 Å². The van der Waals surface area contributed by atoms with E-state index in [9.17, 15) is 22.0 Å². The Morgan fingerprint density at radius 1 is 1.27 bits per heavy atom. The van der Waals surface area contributed by atoms with Gasteiger partial charge in [0.25, 0.3) is 0 Å². The third-order valence-corrected chi connectivity index (χ3v) is 1.05. The minimum atomic E-state index is -4.79. The molecule has 0 N–H and O–H groups in total. The highest BCUT2D eigenvalue weighted by atomic mass is 19.4. The molecule has 0 saturated carbocycles. The fraction of sp³-hybridized carbons (Fsp3) is 1.00. The molecular formula is C4H3F5O2. The van der Waals surface area contributed by atoms with Gasteiger partial charge in [0.2, 0.25) is 0 Å². The molecule has 0 bridgehead atoms. The van der Waals surface area contributed by atoms with E-state index in [2.05, 4.69) is 9.47 Å². The molecule has 1 aliphatic rings. The van der Waals surface area contributed by atoms with Gasteiger partial charge in [-0.2, -0.15) is 13.2 Å². The SMILES string of the molecule is FC1(F)OCC(C(F)(F)F)O1. The van der Waals surface area contributed by atoms with E-state index < -0.39 is 25.2 Å². The van der Waals surface area contributed by atoms with Gasteiger partial charge in [0.15, 0.2) is 6.10 Å². The van der Waals surface area contributed by atoms with Crippen LogP contribution in [0.1, 0.15) is 0 Å². The minimum absolute atomic E-state index is 1.16. The summed E-state index contributed by atoms with van der Waals surface area (Å²) in [6.07, 6.45) is -11.4. The topological polar surface area (TPSA) is 18.5 Å². The lowest BCUT2D eigenvalue weighted by molar-refractivity contribution is -0.362. The molecule has 1 unspecified atom stereocenters. The lowest BCUT2D eigenvalue weighted by Gasteiger charge is -2.12. The van der Waals surface area contributed by atoms with Crippen molar-refractivity contribution in [2.75, 3.05) is 6.61 Å². The third-order valence-electron chi connectivity index (χ3n) is 1.05. The zero-order chi connectivity index (χ0) is 8.70. The van der Waals surface area contributed by atoms with Crippen molar-refractivity contribution in [1.82, 2.24) is 0 Å². The molecule has 0 aromatic rings. The van der Waals surface area contributed by atoms with Crippen molar-refractivity contribution in [2.24, 2.45) is 0 Å². The first-order valence-corrected chi connectivity index (χ1v) is 2.57. The van der Waals surface area contributed by atoms with E-state index in [1.165, 1.54) is 0 Å². The fourth-order valence-corrected chi connectivity index (χ4v) is 0.568. The highest BCUT2D eigenvalue weighted by Gasteiger charge is 2.54. The van der Waals surface area contributed by atoms with E-state index in [0.717, 1.165) is 0 Å². The standard InChI is InChI=1S/C4H3F5O2/c5-3(6,7)2-1-10-4(8,9)11-2/h2H,1H2. The molecule has 0 aromatic carbocycles. The zero-order valence-electron chi connectivity index (χ0n) is 4.99. The van der Waals surface area contributed by atoms with E-state index in [1.807, 2.05) is 0 Å². The molecule has 7 heteroatoms. The molecule has 0 spiro atoms. The second-order valence-corrected chi connectivity index (χ2v) is 1.92. The summed E-state index contributed by atoms with van der Waals surface area (Å²) in [5.74, 6) is 0. The van der Waals surface area contributed by atoms with Gasteiger partial charge in [0.1, 0.15) is 0 Å². The first kappa shape index (κ1) is 8.66. The molecular weight excluding hydrogens is 175 g/mol. The summed E-state index contributed by atoms with van der Waals surface area (Å²) < 4.78 is 64.9. The summed E-state index contributed by atoms with van der Waals surface area (Å²) in [6, 6.07) is 0. The van der Waals surface area contributed by atoms with E-state index in [0.29, 0.717) is 0 Å². The number of hydrogen-bond donors (Lipinski definition) is 0. The van der Waals surface area contributed by atoms with Crippen LogP contribution in [0.5, 0.6) is 0 Å². The van der Waals surface area contributed by atoms with E-state index >= 15 is 0 Å². The maximum Gasteiger partial charge on any atom is 0.486 e. The Morgan fingerprint density at radius 2 is 1.82 bits per heavy atom. The molecule has 11 heavy (non-hydrogen) atoms. The van der Waals surface area contributed by atoms with Gasteiger partial charge >= 0.3 is 12.5 Å². The van der Waals surface area contributed by atoms with Crippen LogP contribution < -0.4 is 0 Å². The summed E-state index contributed by atoms with van der Waals surface area (Å²) >= 11 is 0. The maximum atomic E-state index is 11.8. The van der Waals surface area contributed by atoms with E-state index in [4.69, 9.17) is 0 Å². The van der Waals surface area contributed by atoms with Crippen LogP contribution in [0.2, 0.25) is 0 Å². The molecule has 0 aromatic heterocycles. The molecule has 1 fully saturated rings. The average Bonchev–Trinajstić information content (AvgIpc) is 2.07. The summed E-state index contributed by atoms with van der Waals surface area (Å²) in [6.45, 7) is -1.16. The first-order chi connectivity index (χ1) is 4.81. The Kier molecular flexibility index (Phi) is 1.79. The van der Waals surface area contributed by atoms with Crippen molar-refractivity contribution in [3.8, 4) is 0 Å². The number of alkyl halides is 5. The number of rotatable bonds is 0. The molecule has 0 radical (unpaired) electrons. The van der Waals surface area contributed by atoms with E-state index in [1.54, 1.807) is 0 Å². The van der Waals surface area contributed by atoms with Crippen LogP contribution in [-0.4, -0.2) is 25.2 Å². The highest BCUT2D eigenvalue weighted by Crippen LogP contribution is 2.34. The van der Waals surface area contributed by atoms with Crippen LogP contribution in [0.3, 0.4) is 0 Å². The number of hydrogen-bond acceptors (Lipinski definition) is 2. The lowest BCUT2D eigenvalue weighted by Crippen LogP contribution is -2.32. The van der Waals surface area contributed by atoms with Gasteiger partial charge in [-0.3, -0.25) is 9.47 Å². The summed E-state index contributed by atoms with van der Waals surface area (Å²) in [5, 5.41) is 0. The number of halogens is 5. The molecule has 0 amide bonds. The van der Waals surface area contributed by atoms with Gasteiger partial charge in [0, 0.05) is 0 Å². The normalized spacial score (nSPS) is 30.8. The Bertz CT molecular complexity index is 153.